The van der Waals surface area contributed by atoms with Crippen LogP contribution in [0.15, 0.2) is 30.3 Å². The highest BCUT2D eigenvalue weighted by Crippen LogP contribution is 2.20. The summed E-state index contributed by atoms with van der Waals surface area (Å²) in [4.78, 5) is 23.9. The summed E-state index contributed by atoms with van der Waals surface area (Å²) in [5.41, 5.74) is 0.935. The number of carbonyl (C=O) groups is 2. The van der Waals surface area contributed by atoms with E-state index in [1.807, 2.05) is 30.3 Å². The van der Waals surface area contributed by atoms with Gasteiger partial charge in [0.15, 0.2) is 6.10 Å². The van der Waals surface area contributed by atoms with Crippen molar-refractivity contribution in [3.8, 4) is 0 Å². The van der Waals surface area contributed by atoms with Gasteiger partial charge < -0.3 is 9.47 Å². The number of Topliss-reactive ketones (excluding diaryl/α,β-unsaturated/α-hetero) is 1. The molecule has 1 saturated heterocycles. The monoisotopic (exact) mass is 290 g/mol. The number of esters is 1. The molecule has 1 fully saturated rings. The first-order chi connectivity index (χ1) is 10.2. The van der Waals surface area contributed by atoms with Crippen LogP contribution in [-0.2, 0) is 25.7 Å². The van der Waals surface area contributed by atoms with Crippen LogP contribution in [0.2, 0.25) is 0 Å². The summed E-state index contributed by atoms with van der Waals surface area (Å²) < 4.78 is 10.6. The molecule has 1 aromatic rings. The molecule has 0 N–H and O–H groups in total. The van der Waals surface area contributed by atoms with Crippen LogP contribution in [-0.4, -0.2) is 24.0 Å². The Kier molecular flexibility index (Phi) is 5.93. The molecule has 2 atom stereocenters. The lowest BCUT2D eigenvalue weighted by Gasteiger charge is -2.08. The van der Waals surface area contributed by atoms with Crippen LogP contribution in [0.5, 0.6) is 0 Å². The highest BCUT2D eigenvalue weighted by atomic mass is 16.6. The van der Waals surface area contributed by atoms with E-state index in [0.29, 0.717) is 6.42 Å². The molecule has 4 heteroatoms. The second-order valence-electron chi connectivity index (χ2n) is 5.35. The first-order valence-electron chi connectivity index (χ1n) is 7.62. The minimum Gasteiger partial charge on any atom is -0.452 e. The summed E-state index contributed by atoms with van der Waals surface area (Å²) >= 11 is 0. The van der Waals surface area contributed by atoms with Gasteiger partial charge in [0, 0.05) is 0 Å². The Labute approximate surface area is 125 Å². The van der Waals surface area contributed by atoms with Gasteiger partial charge >= 0.3 is 5.97 Å². The number of carbonyl (C=O) groups excluding carboxylic acids is 2. The van der Waals surface area contributed by atoms with Gasteiger partial charge in [-0.05, 0) is 18.4 Å². The molecule has 1 aliphatic heterocycles. The average Bonchev–Trinajstić information content (AvgIpc) is 2.77. The molecule has 0 spiro atoms. The predicted octanol–water partition coefficient (Wildman–Crippen LogP) is 3.04. The van der Waals surface area contributed by atoms with E-state index in [1.165, 1.54) is 0 Å². The number of hydrogen-bond donors (Lipinski definition) is 0. The van der Waals surface area contributed by atoms with Crippen molar-refractivity contribution in [3.05, 3.63) is 35.9 Å². The van der Waals surface area contributed by atoms with E-state index in [0.717, 1.165) is 31.2 Å². The zero-order valence-corrected chi connectivity index (χ0v) is 12.4. The van der Waals surface area contributed by atoms with Crippen molar-refractivity contribution in [2.75, 3.05) is 0 Å². The summed E-state index contributed by atoms with van der Waals surface area (Å²) in [6.07, 6.45) is 3.19. The van der Waals surface area contributed by atoms with E-state index >= 15 is 0 Å². The molecule has 2 rings (SSSR count). The Morgan fingerprint density at radius 2 is 1.86 bits per heavy atom. The second kappa shape index (κ2) is 7.93. The molecule has 1 aliphatic rings. The number of hydrogen-bond acceptors (Lipinski definition) is 4. The predicted molar refractivity (Wildman–Crippen MR) is 78.7 cm³/mol. The molecule has 0 aromatic heterocycles. The minimum atomic E-state index is -1.05. The third-order valence-corrected chi connectivity index (χ3v) is 3.63. The number of unbranched alkanes of at least 4 members (excludes halogenated alkanes) is 3. The van der Waals surface area contributed by atoms with E-state index in [9.17, 15) is 9.59 Å². The highest BCUT2D eigenvalue weighted by molar-refractivity contribution is 6.09. The SMILES string of the molecule is CCCCCC[C@H]1OC(=O)C(OCc2ccccc2)C1=O. The summed E-state index contributed by atoms with van der Waals surface area (Å²) in [7, 11) is 0. The molecule has 114 valence electrons. The van der Waals surface area contributed by atoms with Crippen molar-refractivity contribution in [3.63, 3.8) is 0 Å². The van der Waals surface area contributed by atoms with Crippen molar-refractivity contribution in [1.29, 1.82) is 0 Å². The van der Waals surface area contributed by atoms with Gasteiger partial charge in [0.25, 0.3) is 0 Å². The quantitative estimate of drug-likeness (QED) is 0.419. The van der Waals surface area contributed by atoms with E-state index < -0.39 is 18.2 Å². The third kappa shape index (κ3) is 4.39. The Hall–Kier alpha value is -1.68. The van der Waals surface area contributed by atoms with E-state index in [2.05, 4.69) is 6.92 Å². The molecular weight excluding hydrogens is 268 g/mol. The van der Waals surface area contributed by atoms with Gasteiger partial charge in [-0.15, -0.1) is 0 Å². The largest absolute Gasteiger partial charge is 0.452 e. The molecule has 1 heterocycles. The summed E-state index contributed by atoms with van der Waals surface area (Å²) in [6.45, 7) is 2.38. The van der Waals surface area contributed by atoms with Crippen molar-refractivity contribution in [2.24, 2.45) is 0 Å². The van der Waals surface area contributed by atoms with Gasteiger partial charge in [-0.2, -0.15) is 0 Å². The van der Waals surface area contributed by atoms with Crippen LogP contribution in [0, 0.1) is 0 Å². The first kappa shape index (κ1) is 15.7. The zero-order valence-electron chi connectivity index (χ0n) is 12.4. The Morgan fingerprint density at radius 1 is 1.10 bits per heavy atom. The number of ketones is 1. The number of cyclic esters (lactones) is 1. The number of benzene rings is 1. The van der Waals surface area contributed by atoms with Crippen LogP contribution in [0.3, 0.4) is 0 Å². The Bertz CT molecular complexity index is 469. The molecular formula is C17H22O4. The van der Waals surface area contributed by atoms with Gasteiger partial charge in [0.2, 0.25) is 11.9 Å². The maximum atomic E-state index is 12.1. The van der Waals surface area contributed by atoms with Crippen molar-refractivity contribution < 1.29 is 19.1 Å². The molecule has 0 bridgehead atoms. The van der Waals surface area contributed by atoms with Crippen LogP contribution < -0.4 is 0 Å². The number of rotatable bonds is 8. The van der Waals surface area contributed by atoms with Gasteiger partial charge in [-0.3, -0.25) is 4.79 Å². The molecule has 4 nitrogen and oxygen atoms in total. The average molecular weight is 290 g/mol. The van der Waals surface area contributed by atoms with Crippen molar-refractivity contribution in [2.45, 2.75) is 57.8 Å². The lowest BCUT2D eigenvalue weighted by atomic mass is 10.1. The van der Waals surface area contributed by atoms with E-state index in [-0.39, 0.29) is 12.4 Å². The van der Waals surface area contributed by atoms with Crippen LogP contribution in [0.1, 0.15) is 44.6 Å². The summed E-state index contributed by atoms with van der Waals surface area (Å²) in [5, 5.41) is 0. The van der Waals surface area contributed by atoms with E-state index in [4.69, 9.17) is 9.47 Å². The minimum absolute atomic E-state index is 0.229. The molecule has 0 amide bonds. The lowest BCUT2D eigenvalue weighted by molar-refractivity contribution is -0.150. The lowest BCUT2D eigenvalue weighted by Crippen LogP contribution is -2.28. The Morgan fingerprint density at radius 3 is 2.57 bits per heavy atom. The third-order valence-electron chi connectivity index (χ3n) is 3.63. The fourth-order valence-corrected chi connectivity index (χ4v) is 2.41. The van der Waals surface area contributed by atoms with Crippen molar-refractivity contribution >= 4 is 11.8 Å². The maximum Gasteiger partial charge on any atom is 0.343 e. The molecule has 0 saturated carbocycles. The fraction of sp³-hybridized carbons (Fsp3) is 0.529. The maximum absolute atomic E-state index is 12.1. The number of ether oxygens (including phenoxy) is 2. The highest BCUT2D eigenvalue weighted by Gasteiger charge is 2.43. The van der Waals surface area contributed by atoms with Crippen LogP contribution >= 0.6 is 0 Å². The summed E-state index contributed by atoms with van der Waals surface area (Å²) in [5.74, 6) is -0.774. The Balaban J connectivity index is 1.81. The van der Waals surface area contributed by atoms with Crippen LogP contribution in [0.4, 0.5) is 0 Å². The van der Waals surface area contributed by atoms with Gasteiger partial charge in [0.1, 0.15) is 0 Å². The molecule has 1 aromatic carbocycles. The zero-order chi connectivity index (χ0) is 15.1. The molecule has 0 aliphatic carbocycles. The summed E-state index contributed by atoms with van der Waals surface area (Å²) in [6, 6.07) is 9.48. The first-order valence-corrected chi connectivity index (χ1v) is 7.62. The fourth-order valence-electron chi connectivity index (χ4n) is 2.41. The topological polar surface area (TPSA) is 52.6 Å². The molecule has 1 unspecified atom stereocenters. The van der Waals surface area contributed by atoms with Gasteiger partial charge in [-0.1, -0.05) is 56.5 Å². The molecule has 21 heavy (non-hydrogen) atoms. The smallest absolute Gasteiger partial charge is 0.343 e. The second-order valence-corrected chi connectivity index (χ2v) is 5.35. The van der Waals surface area contributed by atoms with E-state index in [1.54, 1.807) is 0 Å². The van der Waals surface area contributed by atoms with Gasteiger partial charge in [0.05, 0.1) is 6.61 Å². The molecule has 0 radical (unpaired) electrons. The van der Waals surface area contributed by atoms with Gasteiger partial charge in [-0.25, -0.2) is 4.79 Å². The standard InChI is InChI=1S/C17H22O4/c1-2-3-4-8-11-14-15(18)16(17(19)21-14)20-12-13-9-6-5-7-10-13/h5-7,9-10,14,16H,2-4,8,11-12H2,1H3/t14-,16?/m1/s1. The van der Waals surface area contributed by atoms with Crippen molar-refractivity contribution in [1.82, 2.24) is 0 Å². The van der Waals surface area contributed by atoms with Crippen LogP contribution in [0.25, 0.3) is 0 Å². The normalized spacial score (nSPS) is 21.6.